The fourth-order valence-corrected chi connectivity index (χ4v) is 4.13. The van der Waals surface area contributed by atoms with E-state index in [1.807, 2.05) is 60.0 Å². The molecule has 1 amide bonds. The van der Waals surface area contributed by atoms with Crippen LogP contribution in [-0.4, -0.2) is 26.4 Å². The van der Waals surface area contributed by atoms with Gasteiger partial charge in [0.15, 0.2) is 11.0 Å². The number of nitrogens with zero attached hydrogens (tertiary/aromatic N) is 3. The number of anilines is 1. The van der Waals surface area contributed by atoms with Crippen molar-refractivity contribution in [1.82, 2.24) is 14.8 Å². The highest BCUT2D eigenvalue weighted by molar-refractivity contribution is 7.99. The first kappa shape index (κ1) is 18.5. The maximum absolute atomic E-state index is 12.3. The lowest BCUT2D eigenvalue weighted by Gasteiger charge is -2.10. The minimum absolute atomic E-state index is 0.0671. The molecule has 0 spiro atoms. The molecule has 0 bridgehead atoms. The molecule has 4 rings (SSSR count). The van der Waals surface area contributed by atoms with E-state index in [1.165, 1.54) is 11.8 Å². The van der Waals surface area contributed by atoms with Crippen molar-refractivity contribution in [2.45, 2.75) is 11.7 Å². The monoisotopic (exact) mass is 406 g/mol. The Morgan fingerprint density at radius 3 is 2.46 bits per heavy atom. The number of hydrogen-bond acceptors (Lipinski definition) is 5. The number of thioether (sulfide) groups is 1. The molecule has 5 nitrogen and oxygen atoms in total. The summed E-state index contributed by atoms with van der Waals surface area (Å²) >= 11 is 3.02. The zero-order chi connectivity index (χ0) is 19.2. The van der Waals surface area contributed by atoms with Crippen molar-refractivity contribution in [2.75, 3.05) is 11.1 Å². The van der Waals surface area contributed by atoms with E-state index in [0.717, 1.165) is 27.8 Å². The van der Waals surface area contributed by atoms with Crippen molar-refractivity contribution < 1.29 is 4.79 Å². The summed E-state index contributed by atoms with van der Waals surface area (Å²) in [6, 6.07) is 21.7. The minimum atomic E-state index is -0.0671. The normalized spacial score (nSPS) is 10.7. The van der Waals surface area contributed by atoms with Crippen LogP contribution in [0.5, 0.6) is 0 Å². The van der Waals surface area contributed by atoms with Gasteiger partial charge in [0.2, 0.25) is 5.91 Å². The first-order valence-electron chi connectivity index (χ1n) is 8.77. The van der Waals surface area contributed by atoms with Gasteiger partial charge in [0.25, 0.3) is 0 Å². The number of nitrogens with one attached hydrogen (secondary N) is 1. The van der Waals surface area contributed by atoms with Gasteiger partial charge in [0, 0.05) is 16.6 Å². The Kier molecular flexibility index (Phi) is 5.84. The molecule has 28 heavy (non-hydrogen) atoms. The third kappa shape index (κ3) is 4.49. The van der Waals surface area contributed by atoms with Crippen molar-refractivity contribution >= 4 is 34.7 Å². The van der Waals surface area contributed by atoms with E-state index >= 15 is 0 Å². The largest absolute Gasteiger partial charge is 0.325 e. The highest BCUT2D eigenvalue weighted by atomic mass is 32.2. The van der Waals surface area contributed by atoms with Crippen LogP contribution in [0, 0.1) is 0 Å². The number of carbonyl (C=O) groups is 1. The topological polar surface area (TPSA) is 59.8 Å². The zero-order valence-electron chi connectivity index (χ0n) is 15.0. The quantitative estimate of drug-likeness (QED) is 0.449. The number of hydrogen-bond donors (Lipinski definition) is 1. The van der Waals surface area contributed by atoms with Gasteiger partial charge in [-0.2, -0.15) is 11.3 Å². The second-order valence-electron chi connectivity index (χ2n) is 6.09. The van der Waals surface area contributed by atoms with Crippen LogP contribution in [0.4, 0.5) is 5.69 Å². The van der Waals surface area contributed by atoms with Crippen molar-refractivity contribution in [3.05, 3.63) is 83.1 Å². The molecule has 0 radical (unpaired) electrons. The van der Waals surface area contributed by atoms with Gasteiger partial charge < -0.3 is 5.32 Å². The molecule has 2 heterocycles. The Morgan fingerprint density at radius 2 is 1.75 bits per heavy atom. The van der Waals surface area contributed by atoms with Crippen molar-refractivity contribution in [3.8, 4) is 11.4 Å². The summed E-state index contributed by atoms with van der Waals surface area (Å²) in [5.74, 6) is 1.02. The lowest BCUT2D eigenvalue weighted by Crippen LogP contribution is -2.14. The van der Waals surface area contributed by atoms with Gasteiger partial charge in [-0.15, -0.1) is 10.2 Å². The van der Waals surface area contributed by atoms with Gasteiger partial charge in [0.05, 0.1) is 12.3 Å². The second kappa shape index (κ2) is 8.86. The Balaban J connectivity index is 1.52. The fourth-order valence-electron chi connectivity index (χ4n) is 2.76. The number of thiophene rings is 1. The number of rotatable bonds is 7. The number of para-hydroxylation sites is 1. The number of aromatic nitrogens is 3. The van der Waals surface area contributed by atoms with E-state index in [4.69, 9.17) is 0 Å². The average molecular weight is 407 g/mol. The van der Waals surface area contributed by atoms with E-state index in [9.17, 15) is 4.79 Å². The Hall–Kier alpha value is -2.90. The van der Waals surface area contributed by atoms with Crippen LogP contribution in [0.2, 0.25) is 0 Å². The van der Waals surface area contributed by atoms with Gasteiger partial charge in [-0.1, -0.05) is 60.3 Å². The Bertz CT molecular complexity index is 1030. The van der Waals surface area contributed by atoms with Crippen molar-refractivity contribution in [2.24, 2.45) is 0 Å². The molecule has 7 heteroatoms. The van der Waals surface area contributed by atoms with Gasteiger partial charge in [0.1, 0.15) is 0 Å². The number of amides is 1. The van der Waals surface area contributed by atoms with Crippen LogP contribution in [-0.2, 0) is 11.3 Å². The average Bonchev–Trinajstić information content (AvgIpc) is 3.38. The first-order valence-corrected chi connectivity index (χ1v) is 10.7. The predicted octanol–water partition coefficient (Wildman–Crippen LogP) is 4.79. The molecule has 2 aromatic carbocycles. The Labute approximate surface area is 171 Å². The molecule has 0 saturated heterocycles. The predicted molar refractivity (Wildman–Crippen MR) is 115 cm³/mol. The molecule has 0 atom stereocenters. The van der Waals surface area contributed by atoms with Crippen LogP contribution >= 0.6 is 23.1 Å². The fraction of sp³-hybridized carbons (Fsp3) is 0.0952. The highest BCUT2D eigenvalue weighted by Gasteiger charge is 2.16. The lowest BCUT2D eigenvalue weighted by atomic mass is 10.2. The van der Waals surface area contributed by atoms with E-state index in [0.29, 0.717) is 6.54 Å². The molecule has 0 aliphatic carbocycles. The summed E-state index contributed by atoms with van der Waals surface area (Å²) in [5, 5.41) is 16.4. The van der Waals surface area contributed by atoms with Gasteiger partial charge in [-0.25, -0.2) is 0 Å². The molecule has 0 aliphatic rings. The van der Waals surface area contributed by atoms with Crippen LogP contribution in [0.25, 0.3) is 11.4 Å². The van der Waals surface area contributed by atoms with Crippen molar-refractivity contribution in [3.63, 3.8) is 0 Å². The maximum atomic E-state index is 12.3. The Morgan fingerprint density at radius 1 is 1.00 bits per heavy atom. The van der Waals surface area contributed by atoms with E-state index in [1.54, 1.807) is 11.3 Å². The highest BCUT2D eigenvalue weighted by Crippen LogP contribution is 2.26. The van der Waals surface area contributed by atoms with Crippen LogP contribution in [0.3, 0.4) is 0 Å². The molecule has 1 N–H and O–H groups in total. The third-order valence-corrected chi connectivity index (χ3v) is 5.72. The molecule has 140 valence electrons. The minimum Gasteiger partial charge on any atom is -0.325 e. The van der Waals surface area contributed by atoms with E-state index < -0.39 is 0 Å². The SMILES string of the molecule is O=C(CSc1nnc(-c2ccsc2)n1Cc1ccccc1)Nc1ccccc1. The van der Waals surface area contributed by atoms with E-state index in [2.05, 4.69) is 37.6 Å². The molecule has 0 aliphatic heterocycles. The molecule has 2 aromatic heterocycles. The standard InChI is InChI=1S/C21H18N4OS2/c26-19(22-18-9-5-2-6-10-18)15-28-21-24-23-20(17-11-12-27-14-17)25(21)13-16-7-3-1-4-8-16/h1-12,14H,13,15H2,(H,22,26). The summed E-state index contributed by atoms with van der Waals surface area (Å²) in [6.45, 7) is 0.654. The number of benzene rings is 2. The summed E-state index contributed by atoms with van der Waals surface area (Å²) in [4.78, 5) is 12.3. The van der Waals surface area contributed by atoms with Crippen molar-refractivity contribution in [1.29, 1.82) is 0 Å². The summed E-state index contributed by atoms with van der Waals surface area (Å²) in [5.41, 5.74) is 2.99. The smallest absolute Gasteiger partial charge is 0.234 e. The van der Waals surface area contributed by atoms with Gasteiger partial charge >= 0.3 is 0 Å². The van der Waals surface area contributed by atoms with Crippen LogP contribution < -0.4 is 5.32 Å². The molecular formula is C21H18N4OS2. The number of carbonyl (C=O) groups excluding carboxylic acids is 1. The molecule has 0 saturated carbocycles. The molecule has 4 aromatic rings. The third-order valence-electron chi connectivity index (χ3n) is 4.07. The first-order chi connectivity index (χ1) is 13.8. The maximum Gasteiger partial charge on any atom is 0.234 e. The van der Waals surface area contributed by atoms with E-state index in [-0.39, 0.29) is 11.7 Å². The molecule has 0 unspecified atom stereocenters. The summed E-state index contributed by atoms with van der Waals surface area (Å²) in [7, 11) is 0. The lowest BCUT2D eigenvalue weighted by molar-refractivity contribution is -0.113. The van der Waals surface area contributed by atoms with Gasteiger partial charge in [-0.3, -0.25) is 9.36 Å². The van der Waals surface area contributed by atoms with Gasteiger partial charge in [-0.05, 0) is 29.1 Å². The summed E-state index contributed by atoms with van der Waals surface area (Å²) < 4.78 is 2.07. The molecule has 0 fully saturated rings. The van der Waals surface area contributed by atoms with Crippen LogP contribution in [0.15, 0.2) is 82.6 Å². The molecular weight excluding hydrogens is 388 g/mol. The zero-order valence-corrected chi connectivity index (χ0v) is 16.6. The van der Waals surface area contributed by atoms with Crippen LogP contribution in [0.1, 0.15) is 5.56 Å². The summed E-state index contributed by atoms with van der Waals surface area (Å²) in [6.07, 6.45) is 0. The second-order valence-corrected chi connectivity index (χ2v) is 7.82.